The van der Waals surface area contributed by atoms with Crippen LogP contribution in [0.2, 0.25) is 0 Å². The Bertz CT molecular complexity index is 325. The molecule has 8 N–H and O–H groups in total. The second kappa shape index (κ2) is 4.32. The molecule has 0 spiro atoms. The highest BCUT2D eigenvalue weighted by Gasteiger charge is 2.56. The second-order valence-electron chi connectivity index (χ2n) is 2.79. The van der Waals surface area contributed by atoms with Gasteiger partial charge < -0.3 is 20.4 Å². The molecule has 11 nitrogen and oxygen atoms in total. The van der Waals surface area contributed by atoms with Gasteiger partial charge in [0.25, 0.3) is 0 Å². The summed E-state index contributed by atoms with van der Waals surface area (Å²) in [5.74, 6) is -9.27. The van der Waals surface area contributed by atoms with Crippen LogP contribution in [0, 0.1) is 0 Å². The van der Waals surface area contributed by atoms with E-state index in [1.54, 1.807) is 0 Å². The molecule has 0 aliphatic heterocycles. The Morgan fingerprint density at radius 1 is 0.706 bits per heavy atom. The van der Waals surface area contributed by atoms with Crippen LogP contribution in [0.3, 0.4) is 0 Å². The fourth-order valence-corrected chi connectivity index (χ4v) is 0.612. The van der Waals surface area contributed by atoms with Gasteiger partial charge in [0.15, 0.2) is 0 Å². The minimum absolute atomic E-state index is 2.32. The van der Waals surface area contributed by atoms with Crippen LogP contribution in [0.5, 0.6) is 0 Å². The summed E-state index contributed by atoms with van der Waals surface area (Å²) in [6.45, 7) is 0. The van der Waals surface area contributed by atoms with Gasteiger partial charge in [-0.3, -0.25) is 16.2 Å². The Kier molecular flexibility index (Phi) is 3.76. The van der Waals surface area contributed by atoms with Gasteiger partial charge in [0.2, 0.25) is 0 Å². The molecule has 96 valence electrons. The SMILES string of the molecule is NC(OC(N)(C(=O)O)C(=O)O)(C(=O)O)C(=O)O. The third-order valence-corrected chi connectivity index (χ3v) is 1.59. The molecule has 0 saturated carbocycles. The molecular weight excluding hydrogens is 244 g/mol. The molecule has 0 atom stereocenters. The Hall–Kier alpha value is -2.24. The number of hydrogen-bond acceptors (Lipinski definition) is 7. The zero-order valence-electron chi connectivity index (χ0n) is 7.98. The third-order valence-electron chi connectivity index (χ3n) is 1.59. The maximum Gasteiger partial charge on any atom is 0.363 e. The molecule has 0 aromatic rings. The van der Waals surface area contributed by atoms with Crippen LogP contribution < -0.4 is 11.5 Å². The van der Waals surface area contributed by atoms with Crippen molar-refractivity contribution in [1.29, 1.82) is 0 Å². The van der Waals surface area contributed by atoms with E-state index < -0.39 is 35.3 Å². The first-order chi connectivity index (χ1) is 7.48. The fourth-order valence-electron chi connectivity index (χ4n) is 0.612. The first-order valence-electron chi connectivity index (χ1n) is 3.70. The number of rotatable bonds is 6. The van der Waals surface area contributed by atoms with Gasteiger partial charge in [-0.25, -0.2) is 19.2 Å². The van der Waals surface area contributed by atoms with Crippen LogP contribution in [-0.2, 0) is 23.9 Å². The van der Waals surface area contributed by atoms with E-state index >= 15 is 0 Å². The standard InChI is InChI=1S/C6H8N2O9/c7-5(1(9)10,2(11)12)17-6(8,3(13)14)4(15)16/h7-8H2,(H,9,10)(H,11,12)(H,13,14)(H,15,16). The maximum atomic E-state index is 10.5. The highest BCUT2D eigenvalue weighted by Crippen LogP contribution is 2.15. The van der Waals surface area contributed by atoms with E-state index in [-0.39, 0.29) is 0 Å². The molecular formula is C6H8N2O9. The Balaban J connectivity index is 5.53. The number of hydrogen-bond donors (Lipinski definition) is 6. The van der Waals surface area contributed by atoms with Gasteiger partial charge in [0, 0.05) is 0 Å². The van der Waals surface area contributed by atoms with E-state index in [0.29, 0.717) is 0 Å². The van der Waals surface area contributed by atoms with Crippen LogP contribution in [0.1, 0.15) is 0 Å². The first kappa shape index (κ1) is 14.8. The summed E-state index contributed by atoms with van der Waals surface area (Å²) in [6.07, 6.45) is 0. The van der Waals surface area contributed by atoms with E-state index in [1.165, 1.54) is 0 Å². The third kappa shape index (κ3) is 2.47. The van der Waals surface area contributed by atoms with Crippen molar-refractivity contribution < 1.29 is 44.3 Å². The van der Waals surface area contributed by atoms with Crippen LogP contribution in [0.25, 0.3) is 0 Å². The molecule has 0 aliphatic carbocycles. The molecule has 0 radical (unpaired) electrons. The van der Waals surface area contributed by atoms with E-state index in [0.717, 1.165) is 0 Å². The fraction of sp³-hybridized carbons (Fsp3) is 0.333. The average Bonchev–Trinajstić information content (AvgIpc) is 2.15. The van der Waals surface area contributed by atoms with Gasteiger partial charge in [-0.15, -0.1) is 0 Å². The van der Waals surface area contributed by atoms with Crippen molar-refractivity contribution in [2.75, 3.05) is 0 Å². The zero-order valence-corrected chi connectivity index (χ0v) is 7.98. The molecule has 17 heavy (non-hydrogen) atoms. The predicted molar refractivity (Wildman–Crippen MR) is 45.5 cm³/mol. The lowest BCUT2D eigenvalue weighted by atomic mass is 10.2. The maximum absolute atomic E-state index is 10.5. The van der Waals surface area contributed by atoms with Crippen molar-refractivity contribution in [2.24, 2.45) is 11.5 Å². The Labute approximate surface area is 92.2 Å². The molecule has 0 heterocycles. The van der Waals surface area contributed by atoms with Gasteiger partial charge >= 0.3 is 35.3 Å². The number of carboxylic acids is 4. The largest absolute Gasteiger partial charge is 0.478 e. The van der Waals surface area contributed by atoms with E-state index in [1.807, 2.05) is 0 Å². The number of aliphatic carboxylic acids is 4. The van der Waals surface area contributed by atoms with Gasteiger partial charge in [-0.2, -0.15) is 0 Å². The van der Waals surface area contributed by atoms with Crippen molar-refractivity contribution in [3.05, 3.63) is 0 Å². The highest BCUT2D eigenvalue weighted by atomic mass is 16.6. The topological polar surface area (TPSA) is 210 Å². The van der Waals surface area contributed by atoms with Crippen molar-refractivity contribution in [3.63, 3.8) is 0 Å². The number of nitrogens with two attached hydrogens (primary N) is 2. The van der Waals surface area contributed by atoms with Crippen molar-refractivity contribution >= 4 is 23.9 Å². The lowest BCUT2D eigenvalue weighted by Gasteiger charge is -2.28. The summed E-state index contributed by atoms with van der Waals surface area (Å²) in [5.41, 5.74) is 2.22. The van der Waals surface area contributed by atoms with Gasteiger partial charge in [0.1, 0.15) is 0 Å². The van der Waals surface area contributed by atoms with Crippen LogP contribution in [0.4, 0.5) is 0 Å². The normalized spacial score (nSPS) is 11.9. The van der Waals surface area contributed by atoms with E-state index in [2.05, 4.69) is 4.74 Å². The highest BCUT2D eigenvalue weighted by molar-refractivity contribution is 6.05. The quantitative estimate of drug-likeness (QED) is 0.203. The monoisotopic (exact) mass is 252 g/mol. The molecule has 0 unspecified atom stereocenters. The lowest BCUT2D eigenvalue weighted by molar-refractivity contribution is -0.216. The number of carboxylic acid groups (broad SMARTS) is 4. The molecule has 0 fully saturated rings. The van der Waals surface area contributed by atoms with Gasteiger partial charge in [-0.1, -0.05) is 0 Å². The van der Waals surface area contributed by atoms with Crippen molar-refractivity contribution in [3.8, 4) is 0 Å². The van der Waals surface area contributed by atoms with Crippen LogP contribution in [0.15, 0.2) is 0 Å². The van der Waals surface area contributed by atoms with Crippen LogP contribution >= 0.6 is 0 Å². The summed E-state index contributed by atoms with van der Waals surface area (Å²) in [7, 11) is 0. The molecule has 0 saturated heterocycles. The summed E-state index contributed by atoms with van der Waals surface area (Å²) in [4.78, 5) is 42.1. The molecule has 0 rings (SSSR count). The Morgan fingerprint density at radius 3 is 1.00 bits per heavy atom. The zero-order chi connectivity index (χ0) is 14.0. The summed E-state index contributed by atoms with van der Waals surface area (Å²) in [5, 5.41) is 33.8. The molecule has 0 aliphatic rings. The van der Waals surface area contributed by atoms with Gasteiger partial charge in [-0.05, 0) is 0 Å². The average molecular weight is 252 g/mol. The molecule has 0 bridgehead atoms. The number of carbonyl (C=O) groups is 4. The lowest BCUT2D eigenvalue weighted by Crippen LogP contribution is -2.68. The van der Waals surface area contributed by atoms with Crippen molar-refractivity contribution in [2.45, 2.75) is 11.4 Å². The van der Waals surface area contributed by atoms with Crippen molar-refractivity contribution in [1.82, 2.24) is 0 Å². The summed E-state index contributed by atoms with van der Waals surface area (Å²) in [6, 6.07) is 0. The van der Waals surface area contributed by atoms with Gasteiger partial charge in [0.05, 0.1) is 0 Å². The van der Waals surface area contributed by atoms with E-state index in [9.17, 15) is 19.2 Å². The van der Waals surface area contributed by atoms with Crippen LogP contribution in [-0.4, -0.2) is 55.8 Å². The summed E-state index contributed by atoms with van der Waals surface area (Å²) < 4.78 is 3.83. The molecule has 0 aromatic carbocycles. The second-order valence-corrected chi connectivity index (χ2v) is 2.79. The first-order valence-corrected chi connectivity index (χ1v) is 3.70. The number of ether oxygens (including phenoxy) is 1. The minimum Gasteiger partial charge on any atom is -0.478 e. The summed E-state index contributed by atoms with van der Waals surface area (Å²) >= 11 is 0. The smallest absolute Gasteiger partial charge is 0.363 e. The minimum atomic E-state index is -3.61. The molecule has 11 heteroatoms. The molecule has 0 aromatic heterocycles. The van der Waals surface area contributed by atoms with E-state index in [4.69, 9.17) is 31.9 Å². The predicted octanol–water partition coefficient (Wildman–Crippen LogP) is -3.35. The molecule has 0 amide bonds. The Morgan fingerprint density at radius 2 is 0.882 bits per heavy atom.